The van der Waals surface area contributed by atoms with E-state index >= 15 is 0 Å². The van der Waals surface area contributed by atoms with Gasteiger partial charge < -0.3 is 0 Å². The molecule has 1 nitrogen and oxygen atoms in total. The molecule has 14 heavy (non-hydrogen) atoms. The van der Waals surface area contributed by atoms with Crippen molar-refractivity contribution in [3.63, 3.8) is 0 Å². The summed E-state index contributed by atoms with van der Waals surface area (Å²) in [5, 5.41) is 0. The second kappa shape index (κ2) is 3.56. The molecule has 74 valence electrons. The number of carbonyl (C=O) groups is 1. The second-order valence-electron chi connectivity index (χ2n) is 4.24. The highest BCUT2D eigenvalue weighted by Gasteiger charge is 2.16. The molecule has 0 fully saturated rings. The summed E-state index contributed by atoms with van der Waals surface area (Å²) in [7, 11) is 0. The molecule has 1 heteroatoms. The van der Waals surface area contributed by atoms with Gasteiger partial charge in [-0.05, 0) is 50.3 Å². The van der Waals surface area contributed by atoms with Crippen molar-refractivity contribution in [3.05, 3.63) is 34.4 Å². The summed E-state index contributed by atoms with van der Waals surface area (Å²) >= 11 is 0. The summed E-state index contributed by atoms with van der Waals surface area (Å²) in [6.45, 7) is 4.18. The third-order valence-corrected chi connectivity index (χ3v) is 3.00. The van der Waals surface area contributed by atoms with Crippen LogP contribution in [0.15, 0.2) is 12.1 Å². The predicted octanol–water partition coefficient (Wildman–Crippen LogP) is 3.21. The largest absolute Gasteiger partial charge is 0.294 e. The SMILES string of the molecule is Cc1cc(C)c2c(c1)C(=O)CCCC2. The van der Waals surface area contributed by atoms with Crippen molar-refractivity contribution in [2.45, 2.75) is 39.5 Å². The molecule has 0 saturated carbocycles. The zero-order valence-corrected chi connectivity index (χ0v) is 8.89. The number of Topliss-reactive ketones (excluding diaryl/α,β-unsaturated/α-hetero) is 1. The Bertz CT molecular complexity index is 377. The van der Waals surface area contributed by atoms with E-state index in [4.69, 9.17) is 0 Å². The summed E-state index contributed by atoms with van der Waals surface area (Å²) in [4.78, 5) is 11.8. The van der Waals surface area contributed by atoms with E-state index in [-0.39, 0.29) is 0 Å². The van der Waals surface area contributed by atoms with Crippen LogP contribution in [-0.2, 0) is 6.42 Å². The zero-order valence-electron chi connectivity index (χ0n) is 8.89. The van der Waals surface area contributed by atoms with E-state index in [2.05, 4.69) is 26.0 Å². The fourth-order valence-electron chi connectivity index (χ4n) is 2.30. The highest BCUT2D eigenvalue weighted by Crippen LogP contribution is 2.24. The van der Waals surface area contributed by atoms with E-state index in [1.54, 1.807) is 0 Å². The first kappa shape index (κ1) is 9.45. The van der Waals surface area contributed by atoms with Gasteiger partial charge in [0.25, 0.3) is 0 Å². The van der Waals surface area contributed by atoms with Crippen molar-refractivity contribution in [1.82, 2.24) is 0 Å². The van der Waals surface area contributed by atoms with Crippen LogP contribution in [0, 0.1) is 13.8 Å². The normalized spacial score (nSPS) is 16.3. The smallest absolute Gasteiger partial charge is 0.163 e. The quantitative estimate of drug-likeness (QED) is 0.571. The van der Waals surface area contributed by atoms with Gasteiger partial charge in [0.05, 0.1) is 0 Å². The zero-order chi connectivity index (χ0) is 10.1. The molecular weight excluding hydrogens is 172 g/mol. The van der Waals surface area contributed by atoms with Crippen LogP contribution in [0.2, 0.25) is 0 Å². The van der Waals surface area contributed by atoms with Crippen LogP contribution in [0.5, 0.6) is 0 Å². The molecule has 0 N–H and O–H groups in total. The van der Waals surface area contributed by atoms with Gasteiger partial charge in [-0.1, -0.05) is 11.6 Å². The predicted molar refractivity (Wildman–Crippen MR) is 57.8 cm³/mol. The van der Waals surface area contributed by atoms with Crippen molar-refractivity contribution in [2.24, 2.45) is 0 Å². The average molecular weight is 188 g/mol. The van der Waals surface area contributed by atoms with Gasteiger partial charge in [0.2, 0.25) is 0 Å². The Morgan fingerprint density at radius 2 is 1.79 bits per heavy atom. The lowest BCUT2D eigenvalue weighted by molar-refractivity contribution is 0.0982. The molecule has 0 spiro atoms. The molecular formula is C13H16O. The summed E-state index contributed by atoms with van der Waals surface area (Å²) in [5.74, 6) is 0.337. The standard InChI is InChI=1S/C13H16O/c1-9-7-10(2)11-5-3-4-6-13(14)12(11)8-9/h7-8H,3-6H2,1-2H3. The number of carbonyl (C=O) groups excluding carboxylic acids is 1. The van der Waals surface area contributed by atoms with Gasteiger partial charge in [-0.25, -0.2) is 0 Å². The van der Waals surface area contributed by atoms with Crippen molar-refractivity contribution in [3.8, 4) is 0 Å². The summed E-state index contributed by atoms with van der Waals surface area (Å²) in [6.07, 6.45) is 4.01. The maximum absolute atomic E-state index is 11.8. The van der Waals surface area contributed by atoms with Crippen LogP contribution in [-0.4, -0.2) is 5.78 Å². The Morgan fingerprint density at radius 3 is 2.57 bits per heavy atom. The molecule has 0 unspecified atom stereocenters. The van der Waals surface area contributed by atoms with Crippen LogP contribution in [0.25, 0.3) is 0 Å². The highest BCUT2D eigenvalue weighted by molar-refractivity contribution is 5.98. The minimum Gasteiger partial charge on any atom is -0.294 e. The lowest BCUT2D eigenvalue weighted by Gasteiger charge is -2.09. The molecule has 1 aromatic carbocycles. The van der Waals surface area contributed by atoms with E-state index in [9.17, 15) is 4.79 Å². The number of hydrogen-bond acceptors (Lipinski definition) is 1. The molecule has 1 aliphatic carbocycles. The van der Waals surface area contributed by atoms with E-state index in [0.717, 1.165) is 31.2 Å². The number of rotatable bonds is 0. The average Bonchev–Trinajstić information content (AvgIpc) is 2.29. The molecule has 0 radical (unpaired) electrons. The molecule has 0 bridgehead atoms. The second-order valence-corrected chi connectivity index (χ2v) is 4.24. The number of fused-ring (bicyclic) bond motifs is 1. The maximum Gasteiger partial charge on any atom is 0.163 e. The van der Waals surface area contributed by atoms with E-state index < -0.39 is 0 Å². The van der Waals surface area contributed by atoms with Gasteiger partial charge in [-0.3, -0.25) is 4.79 Å². The van der Waals surface area contributed by atoms with Crippen molar-refractivity contribution in [1.29, 1.82) is 0 Å². The molecule has 0 atom stereocenters. The van der Waals surface area contributed by atoms with Crippen molar-refractivity contribution in [2.75, 3.05) is 0 Å². The highest BCUT2D eigenvalue weighted by atomic mass is 16.1. The monoisotopic (exact) mass is 188 g/mol. The van der Waals surface area contributed by atoms with Gasteiger partial charge in [0.1, 0.15) is 0 Å². The van der Waals surface area contributed by atoms with Gasteiger partial charge in [0, 0.05) is 12.0 Å². The molecule has 0 aromatic heterocycles. The lowest BCUT2D eigenvalue weighted by atomic mass is 9.95. The summed E-state index contributed by atoms with van der Waals surface area (Å²) in [5.41, 5.74) is 4.77. The first-order valence-electron chi connectivity index (χ1n) is 5.32. The van der Waals surface area contributed by atoms with Crippen LogP contribution in [0.4, 0.5) is 0 Å². The molecule has 0 heterocycles. The van der Waals surface area contributed by atoms with Crippen molar-refractivity contribution < 1.29 is 4.79 Å². The lowest BCUT2D eigenvalue weighted by Crippen LogP contribution is -2.02. The minimum atomic E-state index is 0.337. The Hall–Kier alpha value is -1.11. The molecule has 0 amide bonds. The minimum absolute atomic E-state index is 0.337. The van der Waals surface area contributed by atoms with E-state index in [1.807, 2.05) is 0 Å². The van der Waals surface area contributed by atoms with E-state index in [0.29, 0.717) is 5.78 Å². The van der Waals surface area contributed by atoms with Gasteiger partial charge >= 0.3 is 0 Å². The number of benzene rings is 1. The summed E-state index contributed by atoms with van der Waals surface area (Å²) in [6, 6.07) is 4.23. The number of hydrogen-bond donors (Lipinski definition) is 0. The van der Waals surface area contributed by atoms with Crippen LogP contribution >= 0.6 is 0 Å². The summed E-state index contributed by atoms with van der Waals surface area (Å²) < 4.78 is 0. The molecule has 1 aromatic rings. The number of aryl methyl sites for hydroxylation is 2. The van der Waals surface area contributed by atoms with Crippen LogP contribution in [0.1, 0.15) is 46.3 Å². The molecule has 1 aliphatic rings. The van der Waals surface area contributed by atoms with Crippen molar-refractivity contribution >= 4 is 5.78 Å². The maximum atomic E-state index is 11.8. The number of ketones is 1. The topological polar surface area (TPSA) is 17.1 Å². The first-order chi connectivity index (χ1) is 6.68. The Balaban J connectivity index is 2.58. The Labute approximate surface area is 85.1 Å². The van der Waals surface area contributed by atoms with Crippen LogP contribution < -0.4 is 0 Å². The van der Waals surface area contributed by atoms with Gasteiger partial charge in [0.15, 0.2) is 5.78 Å². The Morgan fingerprint density at radius 1 is 1.07 bits per heavy atom. The van der Waals surface area contributed by atoms with Gasteiger partial charge in [-0.15, -0.1) is 0 Å². The molecule has 0 saturated heterocycles. The van der Waals surface area contributed by atoms with E-state index in [1.165, 1.54) is 16.7 Å². The molecule has 0 aliphatic heterocycles. The third-order valence-electron chi connectivity index (χ3n) is 3.00. The van der Waals surface area contributed by atoms with Gasteiger partial charge in [-0.2, -0.15) is 0 Å². The molecule has 2 rings (SSSR count). The Kier molecular flexibility index (Phi) is 2.40. The fraction of sp³-hybridized carbons (Fsp3) is 0.462. The fourth-order valence-corrected chi connectivity index (χ4v) is 2.30. The third kappa shape index (κ3) is 1.59. The first-order valence-corrected chi connectivity index (χ1v) is 5.32. The van der Waals surface area contributed by atoms with Crippen LogP contribution in [0.3, 0.4) is 0 Å².